The Kier molecular flexibility index (Phi) is 5.92. The van der Waals surface area contributed by atoms with Crippen LogP contribution in [-0.2, 0) is 6.54 Å². The van der Waals surface area contributed by atoms with E-state index in [2.05, 4.69) is 17.1 Å². The Morgan fingerprint density at radius 1 is 1.25 bits per heavy atom. The van der Waals surface area contributed by atoms with E-state index in [0.717, 1.165) is 32.0 Å². The lowest BCUT2D eigenvalue weighted by Gasteiger charge is -2.19. The van der Waals surface area contributed by atoms with Gasteiger partial charge in [0.25, 0.3) is 0 Å². The summed E-state index contributed by atoms with van der Waals surface area (Å²) in [6.45, 7) is 6.12. The van der Waals surface area contributed by atoms with Crippen molar-refractivity contribution < 1.29 is 8.78 Å². The van der Waals surface area contributed by atoms with E-state index >= 15 is 0 Å². The third-order valence-electron chi connectivity index (χ3n) is 3.96. The van der Waals surface area contributed by atoms with Gasteiger partial charge in [-0.15, -0.1) is 0 Å². The van der Waals surface area contributed by atoms with Crippen LogP contribution in [0.3, 0.4) is 0 Å². The molecule has 1 atom stereocenters. The van der Waals surface area contributed by atoms with E-state index in [4.69, 9.17) is 0 Å². The van der Waals surface area contributed by atoms with Gasteiger partial charge < -0.3 is 10.2 Å². The van der Waals surface area contributed by atoms with Gasteiger partial charge in [-0.1, -0.05) is 13.0 Å². The van der Waals surface area contributed by atoms with Crippen LogP contribution in [0.25, 0.3) is 0 Å². The van der Waals surface area contributed by atoms with E-state index in [0.29, 0.717) is 18.2 Å². The lowest BCUT2D eigenvalue weighted by atomic mass is 10.1. The minimum Gasteiger partial charge on any atom is -0.310 e. The van der Waals surface area contributed by atoms with E-state index in [1.54, 1.807) is 0 Å². The molecular weight excluding hydrogens is 258 g/mol. The van der Waals surface area contributed by atoms with Crippen molar-refractivity contribution in [2.75, 3.05) is 19.6 Å². The zero-order valence-corrected chi connectivity index (χ0v) is 12.2. The molecule has 20 heavy (non-hydrogen) atoms. The average molecular weight is 282 g/mol. The van der Waals surface area contributed by atoms with Gasteiger partial charge in [0.2, 0.25) is 0 Å². The predicted molar refractivity (Wildman–Crippen MR) is 77.6 cm³/mol. The first kappa shape index (κ1) is 15.4. The molecule has 4 heteroatoms. The van der Waals surface area contributed by atoms with Gasteiger partial charge in [-0.3, -0.25) is 0 Å². The summed E-state index contributed by atoms with van der Waals surface area (Å²) in [7, 11) is 0. The molecule has 0 saturated carbocycles. The zero-order chi connectivity index (χ0) is 14.4. The van der Waals surface area contributed by atoms with E-state index in [-0.39, 0.29) is 0 Å². The van der Waals surface area contributed by atoms with Gasteiger partial charge in [-0.2, -0.15) is 0 Å². The number of hydrogen-bond donors (Lipinski definition) is 1. The van der Waals surface area contributed by atoms with Crippen molar-refractivity contribution in [3.8, 4) is 0 Å². The van der Waals surface area contributed by atoms with Crippen molar-refractivity contribution in [3.05, 3.63) is 35.4 Å². The first-order valence-electron chi connectivity index (χ1n) is 7.58. The Bertz CT molecular complexity index is 423. The Hall–Kier alpha value is -1.00. The summed E-state index contributed by atoms with van der Waals surface area (Å²) >= 11 is 0. The molecule has 1 aromatic carbocycles. The number of halogens is 2. The van der Waals surface area contributed by atoms with Crippen LogP contribution < -0.4 is 5.32 Å². The summed E-state index contributed by atoms with van der Waals surface area (Å²) < 4.78 is 26.4. The number of nitrogens with zero attached hydrogens (tertiary/aromatic N) is 1. The normalized spacial score (nSPS) is 20.9. The molecule has 1 aliphatic rings. The summed E-state index contributed by atoms with van der Waals surface area (Å²) in [5, 5.41) is 3.41. The Balaban J connectivity index is 1.81. The largest absolute Gasteiger partial charge is 0.310 e. The molecule has 0 amide bonds. The molecule has 0 aliphatic carbocycles. The Labute approximate surface area is 120 Å². The third kappa shape index (κ3) is 4.53. The second-order valence-corrected chi connectivity index (χ2v) is 5.59. The number of likely N-dealkylation sites (tertiary alicyclic amines) is 1. The number of rotatable bonds is 5. The SMILES string of the molecule is CCCN1CCCC(NCc2ccc(F)cc2F)CC1. The molecule has 0 aromatic heterocycles. The van der Waals surface area contributed by atoms with Crippen LogP contribution in [0.2, 0.25) is 0 Å². The molecule has 112 valence electrons. The lowest BCUT2D eigenvalue weighted by Crippen LogP contribution is -2.31. The van der Waals surface area contributed by atoms with Crippen LogP contribution in [0.15, 0.2) is 18.2 Å². The van der Waals surface area contributed by atoms with E-state index in [1.165, 1.54) is 31.5 Å². The van der Waals surface area contributed by atoms with Crippen molar-refractivity contribution >= 4 is 0 Å². The van der Waals surface area contributed by atoms with Gasteiger partial charge in [0.1, 0.15) is 11.6 Å². The number of benzene rings is 1. The molecule has 1 N–H and O–H groups in total. The molecule has 1 heterocycles. The molecular formula is C16H24F2N2. The van der Waals surface area contributed by atoms with Crippen LogP contribution in [0.1, 0.15) is 38.2 Å². The fraction of sp³-hybridized carbons (Fsp3) is 0.625. The van der Waals surface area contributed by atoms with Crippen molar-refractivity contribution in [2.45, 2.75) is 45.2 Å². The quantitative estimate of drug-likeness (QED) is 0.891. The van der Waals surface area contributed by atoms with Gasteiger partial charge in [-0.25, -0.2) is 8.78 Å². The Morgan fingerprint density at radius 2 is 2.10 bits per heavy atom. The minimum absolute atomic E-state index is 0.432. The van der Waals surface area contributed by atoms with Crippen molar-refractivity contribution in [3.63, 3.8) is 0 Å². The fourth-order valence-electron chi connectivity index (χ4n) is 2.82. The highest BCUT2D eigenvalue weighted by Crippen LogP contribution is 2.14. The van der Waals surface area contributed by atoms with Gasteiger partial charge in [-0.05, 0) is 51.4 Å². The first-order chi connectivity index (χ1) is 9.69. The molecule has 1 unspecified atom stereocenters. The molecule has 1 saturated heterocycles. The summed E-state index contributed by atoms with van der Waals surface area (Å²) in [5.41, 5.74) is 0.543. The molecule has 2 rings (SSSR count). The third-order valence-corrected chi connectivity index (χ3v) is 3.96. The lowest BCUT2D eigenvalue weighted by molar-refractivity contribution is 0.282. The molecule has 1 aliphatic heterocycles. The van der Waals surface area contributed by atoms with E-state index in [9.17, 15) is 8.78 Å². The van der Waals surface area contributed by atoms with Crippen molar-refractivity contribution in [1.29, 1.82) is 0 Å². The molecule has 0 bridgehead atoms. The van der Waals surface area contributed by atoms with Crippen LogP contribution in [0.5, 0.6) is 0 Å². The maximum atomic E-state index is 13.6. The second-order valence-electron chi connectivity index (χ2n) is 5.59. The number of nitrogens with one attached hydrogen (secondary N) is 1. The van der Waals surface area contributed by atoms with Gasteiger partial charge in [0, 0.05) is 24.2 Å². The minimum atomic E-state index is -0.518. The smallest absolute Gasteiger partial charge is 0.130 e. The maximum Gasteiger partial charge on any atom is 0.130 e. The summed E-state index contributed by atoms with van der Waals surface area (Å²) in [6.07, 6.45) is 4.61. The summed E-state index contributed by atoms with van der Waals surface area (Å²) in [6, 6.07) is 4.22. The molecule has 0 radical (unpaired) electrons. The van der Waals surface area contributed by atoms with Crippen LogP contribution >= 0.6 is 0 Å². The van der Waals surface area contributed by atoms with Crippen LogP contribution in [0, 0.1) is 11.6 Å². The highest BCUT2D eigenvalue weighted by atomic mass is 19.1. The van der Waals surface area contributed by atoms with Crippen molar-refractivity contribution in [2.24, 2.45) is 0 Å². The average Bonchev–Trinajstić information content (AvgIpc) is 2.64. The predicted octanol–water partition coefficient (Wildman–Crippen LogP) is 3.32. The zero-order valence-electron chi connectivity index (χ0n) is 12.2. The van der Waals surface area contributed by atoms with E-state index in [1.807, 2.05) is 0 Å². The second kappa shape index (κ2) is 7.70. The van der Waals surface area contributed by atoms with Gasteiger partial charge in [0.15, 0.2) is 0 Å². The van der Waals surface area contributed by atoms with Gasteiger partial charge in [0.05, 0.1) is 0 Å². The first-order valence-corrected chi connectivity index (χ1v) is 7.58. The summed E-state index contributed by atoms with van der Waals surface area (Å²) in [4.78, 5) is 2.50. The topological polar surface area (TPSA) is 15.3 Å². The molecule has 0 spiro atoms. The standard InChI is InChI=1S/C16H24F2N2/c1-2-8-20-9-3-4-15(7-10-20)19-12-13-5-6-14(17)11-16(13)18/h5-6,11,15,19H,2-4,7-10,12H2,1H3. The van der Waals surface area contributed by atoms with Crippen molar-refractivity contribution in [1.82, 2.24) is 10.2 Å². The highest BCUT2D eigenvalue weighted by Gasteiger charge is 2.16. The van der Waals surface area contributed by atoms with Gasteiger partial charge >= 0.3 is 0 Å². The molecule has 1 aromatic rings. The van der Waals surface area contributed by atoms with E-state index < -0.39 is 11.6 Å². The fourth-order valence-corrected chi connectivity index (χ4v) is 2.82. The van der Waals surface area contributed by atoms with Crippen LogP contribution in [-0.4, -0.2) is 30.6 Å². The monoisotopic (exact) mass is 282 g/mol. The highest BCUT2D eigenvalue weighted by molar-refractivity contribution is 5.18. The summed E-state index contributed by atoms with van der Waals surface area (Å²) in [5.74, 6) is -0.977. The molecule has 2 nitrogen and oxygen atoms in total. The van der Waals surface area contributed by atoms with Crippen LogP contribution in [0.4, 0.5) is 8.78 Å². The maximum absolute atomic E-state index is 13.6. The Morgan fingerprint density at radius 3 is 2.85 bits per heavy atom. The number of hydrogen-bond acceptors (Lipinski definition) is 2. The molecule has 1 fully saturated rings.